The standard InChI is InChI=1S/C23H26N2O3S/c1-15-16(2)29-23(24-22(26)19-7-6-14-28-19)20(15)21(25-12-4-5-13-25)17-8-10-18(27-3)11-9-17/h6-11,14,21H,4-5,12-13H2,1-3H3,(H,24,26). The summed E-state index contributed by atoms with van der Waals surface area (Å²) >= 11 is 1.63. The van der Waals surface area contributed by atoms with E-state index in [1.165, 1.54) is 40.7 Å². The molecular formula is C23H26N2O3S. The second kappa shape index (κ2) is 8.43. The van der Waals surface area contributed by atoms with E-state index in [0.717, 1.165) is 23.8 Å². The van der Waals surface area contributed by atoms with E-state index in [1.807, 2.05) is 12.1 Å². The number of methoxy groups -OCH3 is 1. The molecule has 29 heavy (non-hydrogen) atoms. The molecule has 1 aromatic carbocycles. The van der Waals surface area contributed by atoms with Gasteiger partial charge in [-0.05, 0) is 75.2 Å². The number of carbonyl (C=O) groups is 1. The maximum absolute atomic E-state index is 12.7. The average molecular weight is 411 g/mol. The molecule has 1 amide bonds. The number of rotatable bonds is 6. The Bertz CT molecular complexity index is 970. The molecule has 1 fully saturated rings. The SMILES string of the molecule is COc1ccc(C(c2c(NC(=O)c3ccco3)sc(C)c2C)N2CCCC2)cc1. The lowest BCUT2D eigenvalue weighted by Crippen LogP contribution is -2.27. The summed E-state index contributed by atoms with van der Waals surface area (Å²) in [5.74, 6) is 0.952. The van der Waals surface area contributed by atoms with Crippen molar-refractivity contribution >= 4 is 22.2 Å². The minimum atomic E-state index is -0.215. The second-order valence-electron chi connectivity index (χ2n) is 7.38. The lowest BCUT2D eigenvalue weighted by Gasteiger charge is -2.29. The van der Waals surface area contributed by atoms with Gasteiger partial charge in [-0.2, -0.15) is 0 Å². The van der Waals surface area contributed by atoms with E-state index >= 15 is 0 Å². The topological polar surface area (TPSA) is 54.7 Å². The van der Waals surface area contributed by atoms with E-state index in [-0.39, 0.29) is 11.9 Å². The summed E-state index contributed by atoms with van der Waals surface area (Å²) in [6.45, 7) is 6.37. The first-order chi connectivity index (χ1) is 14.1. The Hall–Kier alpha value is -2.57. The number of carbonyl (C=O) groups excluding carboxylic acids is 1. The summed E-state index contributed by atoms with van der Waals surface area (Å²) in [6, 6.07) is 11.8. The van der Waals surface area contributed by atoms with Gasteiger partial charge in [-0.15, -0.1) is 11.3 Å². The Balaban J connectivity index is 1.76. The van der Waals surface area contributed by atoms with Gasteiger partial charge in [0.15, 0.2) is 5.76 Å². The van der Waals surface area contributed by atoms with Crippen LogP contribution in [0, 0.1) is 13.8 Å². The van der Waals surface area contributed by atoms with Crippen molar-refractivity contribution in [3.05, 3.63) is 70.0 Å². The monoisotopic (exact) mass is 410 g/mol. The first-order valence-corrected chi connectivity index (χ1v) is 10.7. The van der Waals surface area contributed by atoms with Crippen molar-refractivity contribution in [2.75, 3.05) is 25.5 Å². The van der Waals surface area contributed by atoms with Crippen LogP contribution in [-0.2, 0) is 0 Å². The summed E-state index contributed by atoms with van der Waals surface area (Å²) in [5, 5.41) is 4.00. The summed E-state index contributed by atoms with van der Waals surface area (Å²) < 4.78 is 10.6. The molecule has 1 atom stereocenters. The minimum absolute atomic E-state index is 0.0975. The number of nitrogens with zero attached hydrogens (tertiary/aromatic N) is 1. The van der Waals surface area contributed by atoms with Crippen LogP contribution in [0.3, 0.4) is 0 Å². The van der Waals surface area contributed by atoms with Crippen molar-refractivity contribution in [3.63, 3.8) is 0 Å². The number of hydrogen-bond acceptors (Lipinski definition) is 5. The van der Waals surface area contributed by atoms with Crippen molar-refractivity contribution in [3.8, 4) is 5.75 Å². The van der Waals surface area contributed by atoms with Crippen molar-refractivity contribution in [2.24, 2.45) is 0 Å². The molecule has 0 radical (unpaired) electrons. The van der Waals surface area contributed by atoms with Gasteiger partial charge >= 0.3 is 0 Å². The molecule has 0 spiro atoms. The molecule has 0 bridgehead atoms. The van der Waals surface area contributed by atoms with Gasteiger partial charge in [0.2, 0.25) is 0 Å². The molecule has 5 nitrogen and oxygen atoms in total. The van der Waals surface area contributed by atoms with Crippen LogP contribution < -0.4 is 10.1 Å². The Morgan fingerprint density at radius 1 is 1.17 bits per heavy atom. The van der Waals surface area contributed by atoms with Gasteiger partial charge in [0, 0.05) is 10.4 Å². The summed E-state index contributed by atoms with van der Waals surface area (Å²) in [4.78, 5) is 16.4. The van der Waals surface area contributed by atoms with Crippen LogP contribution in [0.1, 0.15) is 51.0 Å². The zero-order valence-corrected chi connectivity index (χ0v) is 17.8. The molecule has 152 valence electrons. The van der Waals surface area contributed by atoms with Gasteiger partial charge < -0.3 is 14.5 Å². The highest BCUT2D eigenvalue weighted by Gasteiger charge is 2.31. The third kappa shape index (κ3) is 3.95. The van der Waals surface area contributed by atoms with E-state index in [0.29, 0.717) is 5.76 Å². The number of thiophene rings is 1. The number of furan rings is 1. The number of ether oxygens (including phenoxy) is 1. The first kappa shape index (κ1) is 19.7. The average Bonchev–Trinajstić information content (AvgIpc) is 3.49. The highest BCUT2D eigenvalue weighted by molar-refractivity contribution is 7.16. The zero-order chi connectivity index (χ0) is 20.4. The van der Waals surface area contributed by atoms with E-state index in [2.05, 4.69) is 36.2 Å². The summed E-state index contributed by atoms with van der Waals surface area (Å²) in [6.07, 6.45) is 3.91. The third-order valence-electron chi connectivity index (χ3n) is 5.61. The van der Waals surface area contributed by atoms with Gasteiger partial charge in [-0.25, -0.2) is 0 Å². The van der Waals surface area contributed by atoms with Crippen LogP contribution in [-0.4, -0.2) is 31.0 Å². The van der Waals surface area contributed by atoms with E-state index in [4.69, 9.17) is 9.15 Å². The van der Waals surface area contributed by atoms with Gasteiger partial charge in [0.1, 0.15) is 10.8 Å². The van der Waals surface area contributed by atoms with Crippen molar-refractivity contribution in [1.29, 1.82) is 0 Å². The van der Waals surface area contributed by atoms with Gasteiger partial charge in [0.05, 0.1) is 19.4 Å². The quantitative estimate of drug-likeness (QED) is 0.591. The number of aryl methyl sites for hydroxylation is 1. The molecule has 0 saturated carbocycles. The largest absolute Gasteiger partial charge is 0.497 e. The highest BCUT2D eigenvalue weighted by Crippen LogP contribution is 2.43. The van der Waals surface area contributed by atoms with Gasteiger partial charge in [0.25, 0.3) is 5.91 Å². The molecule has 0 aliphatic carbocycles. The van der Waals surface area contributed by atoms with Crippen LogP contribution in [0.15, 0.2) is 47.1 Å². The van der Waals surface area contributed by atoms with Gasteiger partial charge in [-0.3, -0.25) is 9.69 Å². The predicted molar refractivity (Wildman–Crippen MR) is 116 cm³/mol. The molecule has 2 aromatic heterocycles. The Labute approximate surface area is 175 Å². The van der Waals surface area contributed by atoms with Crippen LogP contribution in [0.4, 0.5) is 5.00 Å². The molecular weight excluding hydrogens is 384 g/mol. The first-order valence-electron chi connectivity index (χ1n) is 9.91. The van der Waals surface area contributed by atoms with Crippen molar-refractivity contribution in [1.82, 2.24) is 4.90 Å². The van der Waals surface area contributed by atoms with E-state index in [9.17, 15) is 4.79 Å². The molecule has 3 heterocycles. The molecule has 1 unspecified atom stereocenters. The fourth-order valence-corrected chi connectivity index (χ4v) is 5.07. The molecule has 1 saturated heterocycles. The normalized spacial score (nSPS) is 15.4. The molecule has 1 aliphatic heterocycles. The number of nitrogens with one attached hydrogen (secondary N) is 1. The fourth-order valence-electron chi connectivity index (χ4n) is 3.99. The van der Waals surface area contributed by atoms with Crippen LogP contribution in [0.2, 0.25) is 0 Å². The predicted octanol–water partition coefficient (Wildman–Crippen LogP) is 5.40. The second-order valence-corrected chi connectivity index (χ2v) is 8.60. The van der Waals surface area contributed by atoms with Gasteiger partial charge in [-0.1, -0.05) is 12.1 Å². The Morgan fingerprint density at radius 2 is 1.90 bits per heavy atom. The molecule has 1 aliphatic rings. The number of anilines is 1. The Kier molecular flexibility index (Phi) is 5.74. The van der Waals surface area contributed by atoms with Crippen molar-refractivity contribution < 1.29 is 13.9 Å². The van der Waals surface area contributed by atoms with Crippen molar-refractivity contribution in [2.45, 2.75) is 32.7 Å². The maximum atomic E-state index is 12.7. The van der Waals surface area contributed by atoms with E-state index in [1.54, 1.807) is 30.6 Å². The molecule has 4 rings (SSSR count). The number of benzene rings is 1. The minimum Gasteiger partial charge on any atom is -0.497 e. The van der Waals surface area contributed by atoms with Crippen LogP contribution in [0.5, 0.6) is 5.75 Å². The van der Waals surface area contributed by atoms with E-state index < -0.39 is 0 Å². The van der Waals surface area contributed by atoms with Crippen LogP contribution >= 0.6 is 11.3 Å². The fraction of sp³-hybridized carbons (Fsp3) is 0.348. The molecule has 6 heteroatoms. The summed E-state index contributed by atoms with van der Waals surface area (Å²) in [7, 11) is 1.68. The lowest BCUT2D eigenvalue weighted by atomic mass is 9.95. The molecule has 3 aromatic rings. The maximum Gasteiger partial charge on any atom is 0.291 e. The highest BCUT2D eigenvalue weighted by atomic mass is 32.1. The number of hydrogen-bond donors (Lipinski definition) is 1. The van der Waals surface area contributed by atoms with Crippen LogP contribution in [0.25, 0.3) is 0 Å². The molecule has 1 N–H and O–H groups in total. The number of amides is 1. The smallest absolute Gasteiger partial charge is 0.291 e. The number of likely N-dealkylation sites (tertiary alicyclic amines) is 1. The third-order valence-corrected chi connectivity index (χ3v) is 6.75. The Morgan fingerprint density at radius 3 is 2.52 bits per heavy atom. The lowest BCUT2D eigenvalue weighted by molar-refractivity contribution is 0.0997. The zero-order valence-electron chi connectivity index (χ0n) is 17.0. The summed E-state index contributed by atoms with van der Waals surface area (Å²) in [5.41, 5.74) is 3.62.